The molecule has 0 spiro atoms. The van der Waals surface area contributed by atoms with E-state index in [9.17, 15) is 0 Å². The van der Waals surface area contributed by atoms with Crippen LogP contribution in [0.15, 0.2) is 59.7 Å². The molecule has 24 heavy (non-hydrogen) atoms. The Hall–Kier alpha value is -2.22. The number of rotatable bonds is 5. The van der Waals surface area contributed by atoms with Gasteiger partial charge < -0.3 is 20.8 Å². The number of nitrogens with one attached hydrogen (secondary N) is 2. The maximum absolute atomic E-state index is 5.96. The van der Waals surface area contributed by atoms with Gasteiger partial charge in [-0.15, -0.1) is 24.0 Å². The molecule has 0 aliphatic carbocycles. The van der Waals surface area contributed by atoms with Crippen molar-refractivity contribution in [3.05, 3.63) is 60.3 Å². The largest absolute Gasteiger partial charge is 0.495 e. The van der Waals surface area contributed by atoms with Gasteiger partial charge in [0.2, 0.25) is 0 Å². The highest BCUT2D eigenvalue weighted by Gasteiger charge is 2.04. The maximum atomic E-state index is 5.96. The Bertz CT molecular complexity index is 829. The van der Waals surface area contributed by atoms with Gasteiger partial charge in [0.1, 0.15) is 5.75 Å². The number of aromatic nitrogens is 1. The molecule has 0 amide bonds. The van der Waals surface area contributed by atoms with Crippen LogP contribution in [0.25, 0.3) is 10.9 Å². The van der Waals surface area contributed by atoms with Crippen LogP contribution >= 0.6 is 24.0 Å². The fourth-order valence-corrected chi connectivity index (χ4v) is 2.56. The molecule has 4 N–H and O–H groups in total. The minimum absolute atomic E-state index is 0. The molecule has 5 nitrogen and oxygen atoms in total. The van der Waals surface area contributed by atoms with E-state index in [0.29, 0.717) is 12.5 Å². The molecule has 1 aromatic heterocycles. The topological polar surface area (TPSA) is 75.4 Å². The Balaban J connectivity index is 0.00000208. The predicted molar refractivity (Wildman–Crippen MR) is 111 cm³/mol. The summed E-state index contributed by atoms with van der Waals surface area (Å²) >= 11 is 0. The fourth-order valence-electron chi connectivity index (χ4n) is 2.56. The molecule has 6 heteroatoms. The first-order valence-electron chi connectivity index (χ1n) is 7.53. The zero-order valence-corrected chi connectivity index (χ0v) is 15.8. The number of hydrogen-bond acceptors (Lipinski definition) is 2. The zero-order chi connectivity index (χ0) is 16.1. The van der Waals surface area contributed by atoms with Gasteiger partial charge in [-0.25, -0.2) is 0 Å². The number of guanidine groups is 1. The number of methoxy groups -OCH3 is 1. The van der Waals surface area contributed by atoms with Crippen molar-refractivity contribution in [3.8, 4) is 5.75 Å². The third kappa shape index (κ3) is 4.19. The van der Waals surface area contributed by atoms with Crippen molar-refractivity contribution in [2.75, 3.05) is 19.0 Å². The number of nitrogens with zero attached hydrogens (tertiary/aromatic N) is 1. The van der Waals surface area contributed by atoms with Crippen LogP contribution in [0.4, 0.5) is 5.69 Å². The normalized spacial score (nSPS) is 11.1. The van der Waals surface area contributed by atoms with E-state index in [4.69, 9.17) is 10.5 Å². The summed E-state index contributed by atoms with van der Waals surface area (Å²) in [6, 6.07) is 15.9. The minimum Gasteiger partial charge on any atom is -0.495 e. The van der Waals surface area contributed by atoms with Gasteiger partial charge in [0.05, 0.1) is 12.8 Å². The van der Waals surface area contributed by atoms with Crippen LogP contribution in [-0.4, -0.2) is 24.6 Å². The predicted octanol–water partition coefficient (Wildman–Crippen LogP) is 3.76. The molecule has 0 radical (unpaired) electrons. The SMILES string of the molecule is COc1ccccc1NC(N)=NCCc1c[nH]c2ccccc12.I. The van der Waals surface area contributed by atoms with Gasteiger partial charge in [0.25, 0.3) is 0 Å². The van der Waals surface area contributed by atoms with E-state index in [1.165, 1.54) is 10.9 Å². The van der Waals surface area contributed by atoms with E-state index in [1.54, 1.807) is 7.11 Å². The highest BCUT2D eigenvalue weighted by atomic mass is 127. The van der Waals surface area contributed by atoms with Gasteiger partial charge >= 0.3 is 0 Å². The van der Waals surface area contributed by atoms with E-state index in [1.807, 2.05) is 42.6 Å². The average molecular weight is 436 g/mol. The number of fused-ring (bicyclic) bond motifs is 1. The lowest BCUT2D eigenvalue weighted by Gasteiger charge is -2.10. The molecule has 3 rings (SSSR count). The summed E-state index contributed by atoms with van der Waals surface area (Å²) in [6.07, 6.45) is 2.86. The maximum Gasteiger partial charge on any atom is 0.193 e. The number of hydrogen-bond donors (Lipinski definition) is 3. The van der Waals surface area contributed by atoms with Gasteiger partial charge in [-0.2, -0.15) is 0 Å². The molecule has 126 valence electrons. The molecule has 0 aliphatic heterocycles. The highest BCUT2D eigenvalue weighted by molar-refractivity contribution is 14.0. The summed E-state index contributed by atoms with van der Waals surface area (Å²) in [7, 11) is 1.63. The van der Waals surface area contributed by atoms with Gasteiger partial charge in [0.15, 0.2) is 5.96 Å². The second kappa shape index (κ2) is 8.58. The number of anilines is 1. The smallest absolute Gasteiger partial charge is 0.193 e. The number of ether oxygens (including phenoxy) is 1. The molecular formula is C18H21IN4O. The van der Waals surface area contributed by atoms with E-state index in [0.717, 1.165) is 23.4 Å². The van der Waals surface area contributed by atoms with Crippen molar-refractivity contribution in [1.29, 1.82) is 0 Å². The third-order valence-corrected chi connectivity index (χ3v) is 3.71. The van der Waals surface area contributed by atoms with Crippen LogP contribution in [0, 0.1) is 0 Å². The summed E-state index contributed by atoms with van der Waals surface area (Å²) in [5.74, 6) is 1.12. The number of para-hydroxylation sites is 3. The summed E-state index contributed by atoms with van der Waals surface area (Å²) in [4.78, 5) is 7.66. The van der Waals surface area contributed by atoms with Crippen molar-refractivity contribution in [3.63, 3.8) is 0 Å². The average Bonchev–Trinajstić information content (AvgIpc) is 2.99. The number of aromatic amines is 1. The number of H-pyrrole nitrogens is 1. The van der Waals surface area contributed by atoms with Crippen molar-refractivity contribution < 1.29 is 4.74 Å². The Labute approximate surface area is 158 Å². The molecule has 0 fully saturated rings. The van der Waals surface area contributed by atoms with Crippen LogP contribution in [0.3, 0.4) is 0 Å². The lowest BCUT2D eigenvalue weighted by Crippen LogP contribution is -2.23. The van der Waals surface area contributed by atoms with E-state index in [2.05, 4.69) is 27.4 Å². The molecule has 0 bridgehead atoms. The molecular weight excluding hydrogens is 415 g/mol. The number of aliphatic imine (C=N–C) groups is 1. The van der Waals surface area contributed by atoms with Crippen LogP contribution in [0.5, 0.6) is 5.75 Å². The van der Waals surface area contributed by atoms with Gasteiger partial charge in [0, 0.05) is 23.6 Å². The Morgan fingerprint density at radius 1 is 1.17 bits per heavy atom. The molecule has 0 atom stereocenters. The van der Waals surface area contributed by atoms with Crippen LogP contribution in [-0.2, 0) is 6.42 Å². The highest BCUT2D eigenvalue weighted by Crippen LogP contribution is 2.22. The van der Waals surface area contributed by atoms with Gasteiger partial charge in [-0.3, -0.25) is 4.99 Å². The standard InChI is InChI=1S/C18H20N4O.HI/c1-23-17-9-5-4-8-16(17)22-18(19)20-11-10-13-12-21-15-7-3-2-6-14(13)15;/h2-9,12,21H,10-11H2,1H3,(H3,19,20,22);1H. The summed E-state index contributed by atoms with van der Waals surface area (Å²) in [6.45, 7) is 0.621. The lowest BCUT2D eigenvalue weighted by molar-refractivity contribution is 0.417. The molecule has 0 aliphatic rings. The van der Waals surface area contributed by atoms with E-state index < -0.39 is 0 Å². The Kier molecular flexibility index (Phi) is 6.48. The minimum atomic E-state index is 0. The lowest BCUT2D eigenvalue weighted by atomic mass is 10.1. The van der Waals surface area contributed by atoms with E-state index >= 15 is 0 Å². The number of nitrogens with two attached hydrogens (primary N) is 1. The molecule has 0 saturated carbocycles. The molecule has 1 heterocycles. The number of halogens is 1. The second-order valence-electron chi connectivity index (χ2n) is 5.20. The Morgan fingerprint density at radius 2 is 1.92 bits per heavy atom. The molecule has 2 aromatic carbocycles. The quantitative estimate of drug-likeness (QED) is 0.324. The molecule has 0 saturated heterocycles. The first-order chi connectivity index (χ1) is 11.3. The summed E-state index contributed by atoms with van der Waals surface area (Å²) < 4.78 is 5.28. The summed E-state index contributed by atoms with van der Waals surface area (Å²) in [5.41, 5.74) is 9.16. The van der Waals surface area contributed by atoms with Crippen LogP contribution in [0.1, 0.15) is 5.56 Å². The zero-order valence-electron chi connectivity index (χ0n) is 13.5. The first kappa shape index (κ1) is 18.1. The van der Waals surface area contributed by atoms with Crippen molar-refractivity contribution in [2.45, 2.75) is 6.42 Å². The summed E-state index contributed by atoms with van der Waals surface area (Å²) in [5, 5.41) is 4.31. The van der Waals surface area contributed by atoms with Gasteiger partial charge in [-0.05, 0) is 30.2 Å². The third-order valence-electron chi connectivity index (χ3n) is 3.71. The monoisotopic (exact) mass is 436 g/mol. The molecule has 3 aromatic rings. The first-order valence-corrected chi connectivity index (χ1v) is 7.53. The fraction of sp³-hybridized carbons (Fsp3) is 0.167. The second-order valence-corrected chi connectivity index (χ2v) is 5.20. The van der Waals surface area contributed by atoms with Crippen molar-refractivity contribution in [1.82, 2.24) is 4.98 Å². The Morgan fingerprint density at radius 3 is 2.75 bits per heavy atom. The van der Waals surface area contributed by atoms with Crippen molar-refractivity contribution >= 4 is 46.5 Å². The van der Waals surface area contributed by atoms with Crippen LogP contribution in [0.2, 0.25) is 0 Å². The number of benzene rings is 2. The van der Waals surface area contributed by atoms with Crippen LogP contribution < -0.4 is 15.8 Å². The van der Waals surface area contributed by atoms with Crippen molar-refractivity contribution in [2.24, 2.45) is 10.7 Å². The molecule has 0 unspecified atom stereocenters. The van der Waals surface area contributed by atoms with Gasteiger partial charge in [-0.1, -0.05) is 30.3 Å². The van der Waals surface area contributed by atoms with E-state index in [-0.39, 0.29) is 24.0 Å².